The molecule has 41 heavy (non-hydrogen) atoms. The Morgan fingerprint density at radius 2 is 1.63 bits per heavy atom. The molecule has 0 saturated heterocycles. The van der Waals surface area contributed by atoms with Gasteiger partial charge in [0.05, 0.1) is 20.6 Å². The van der Waals surface area contributed by atoms with E-state index in [9.17, 15) is 13.2 Å². The average molecular weight is 615 g/mol. The fourth-order valence-electron chi connectivity index (χ4n) is 6.43. The fourth-order valence-corrected chi connectivity index (χ4v) is 8.46. The van der Waals surface area contributed by atoms with Crippen LogP contribution < -0.4 is 9.62 Å². The Bertz CT molecular complexity index is 1470. The second kappa shape index (κ2) is 12.7. The molecular weight excluding hydrogens is 577 g/mol. The molecule has 2 aliphatic rings. The second-order valence-corrected chi connectivity index (χ2v) is 14.0. The molecule has 1 N–H and O–H groups in total. The van der Waals surface area contributed by atoms with Crippen molar-refractivity contribution >= 4 is 44.8 Å². The van der Waals surface area contributed by atoms with Crippen molar-refractivity contribution in [2.45, 2.75) is 68.0 Å². The number of rotatable bonds is 9. The predicted molar refractivity (Wildman–Crippen MR) is 166 cm³/mol. The van der Waals surface area contributed by atoms with E-state index < -0.39 is 16.1 Å². The summed E-state index contributed by atoms with van der Waals surface area (Å²) in [6, 6.07) is 21.7. The number of nitrogens with zero attached hydrogens (tertiary/aromatic N) is 2. The summed E-state index contributed by atoms with van der Waals surface area (Å²) in [4.78, 5) is 16.0. The third-order valence-electron chi connectivity index (χ3n) is 8.57. The summed E-state index contributed by atoms with van der Waals surface area (Å²) < 4.78 is 29.0. The predicted octanol–water partition coefficient (Wildman–Crippen LogP) is 6.35. The van der Waals surface area contributed by atoms with E-state index in [2.05, 4.69) is 54.6 Å². The fraction of sp³-hybridized carbons (Fsp3) is 0.406. The minimum Gasteiger partial charge on any atom is -0.352 e. The molecule has 1 aliphatic heterocycles. The first kappa shape index (κ1) is 29.9. The van der Waals surface area contributed by atoms with E-state index >= 15 is 0 Å². The van der Waals surface area contributed by atoms with E-state index in [-0.39, 0.29) is 26.9 Å². The van der Waals surface area contributed by atoms with Gasteiger partial charge < -0.3 is 10.2 Å². The van der Waals surface area contributed by atoms with Crippen LogP contribution in [-0.2, 0) is 27.7 Å². The summed E-state index contributed by atoms with van der Waals surface area (Å²) in [5.74, 6) is 0.297. The molecule has 5 rings (SSSR count). The Labute approximate surface area is 253 Å². The molecule has 1 amide bonds. The maximum Gasteiger partial charge on any atom is 0.265 e. The number of nitrogens with one attached hydrogen (secondary N) is 1. The number of benzene rings is 3. The quantitative estimate of drug-likeness (QED) is 0.305. The summed E-state index contributed by atoms with van der Waals surface area (Å²) in [6.07, 6.45) is 6.28. The first-order chi connectivity index (χ1) is 19.6. The van der Waals surface area contributed by atoms with E-state index in [0.29, 0.717) is 24.1 Å². The van der Waals surface area contributed by atoms with Gasteiger partial charge >= 0.3 is 0 Å². The zero-order chi connectivity index (χ0) is 29.1. The molecule has 0 spiro atoms. The number of para-hydroxylation sites is 1. The number of halogens is 2. The minimum atomic E-state index is -4.06. The van der Waals surface area contributed by atoms with E-state index in [1.165, 1.54) is 28.1 Å². The molecule has 9 heteroatoms. The smallest absolute Gasteiger partial charge is 0.265 e. The van der Waals surface area contributed by atoms with Crippen LogP contribution in [0.1, 0.15) is 43.2 Å². The highest BCUT2D eigenvalue weighted by Crippen LogP contribution is 2.38. The third-order valence-corrected chi connectivity index (χ3v) is 11.1. The molecule has 218 valence electrons. The molecule has 0 aromatic heterocycles. The summed E-state index contributed by atoms with van der Waals surface area (Å²) in [7, 11) is 0.253. The van der Waals surface area contributed by atoms with Gasteiger partial charge in [-0.25, -0.2) is 8.42 Å². The topological polar surface area (TPSA) is 69.7 Å². The lowest BCUT2D eigenvalue weighted by atomic mass is 9.79. The summed E-state index contributed by atoms with van der Waals surface area (Å²) in [5, 5.41) is 3.63. The van der Waals surface area contributed by atoms with Gasteiger partial charge in [0.2, 0.25) is 5.91 Å². The summed E-state index contributed by atoms with van der Waals surface area (Å²) >= 11 is 12.2. The second-order valence-electron chi connectivity index (χ2n) is 11.4. The van der Waals surface area contributed by atoms with E-state index in [0.717, 1.165) is 44.1 Å². The lowest BCUT2D eigenvalue weighted by Gasteiger charge is -2.38. The number of fused-ring (bicyclic) bond motifs is 1. The maximum absolute atomic E-state index is 13.9. The van der Waals surface area contributed by atoms with Gasteiger partial charge in [-0.2, -0.15) is 0 Å². The molecule has 1 saturated carbocycles. The molecule has 2 atom stereocenters. The number of sulfonamides is 1. The lowest BCUT2D eigenvalue weighted by Crippen LogP contribution is -2.51. The first-order valence-electron chi connectivity index (χ1n) is 14.2. The Morgan fingerprint density at radius 1 is 0.951 bits per heavy atom. The number of carbonyl (C=O) groups excluding carboxylic acids is 1. The summed E-state index contributed by atoms with van der Waals surface area (Å²) in [6.45, 7) is 0. The highest BCUT2D eigenvalue weighted by molar-refractivity contribution is 7.93. The molecule has 3 aromatic carbocycles. The van der Waals surface area contributed by atoms with Crippen LogP contribution in [0.15, 0.2) is 77.7 Å². The monoisotopic (exact) mass is 613 g/mol. The van der Waals surface area contributed by atoms with Crippen molar-refractivity contribution in [1.29, 1.82) is 0 Å². The zero-order valence-electron chi connectivity index (χ0n) is 23.5. The van der Waals surface area contributed by atoms with Crippen molar-refractivity contribution in [3.63, 3.8) is 0 Å². The van der Waals surface area contributed by atoms with Crippen LogP contribution in [0.2, 0.25) is 10.0 Å². The Balaban J connectivity index is 1.26. The number of amides is 1. The molecule has 1 aliphatic carbocycles. The standard InChI is InChI=1S/C32H37Cl2N3O3S/c1-36(2)29(19-12-22-8-4-3-5-9-22)23-13-15-25(16-14-23)35-32(38)31-20-24-10-6-7-11-30(24)37(31)41(39,40)26-17-18-27(33)28(34)21-26/h3-11,17-18,21,23,25,29,31H,12-16,19-20H2,1-2H3,(H,35,38). The van der Waals surface area contributed by atoms with Gasteiger partial charge in [-0.1, -0.05) is 71.7 Å². The van der Waals surface area contributed by atoms with Crippen molar-refractivity contribution < 1.29 is 13.2 Å². The van der Waals surface area contributed by atoms with Crippen LogP contribution in [0.3, 0.4) is 0 Å². The maximum atomic E-state index is 13.9. The van der Waals surface area contributed by atoms with Crippen molar-refractivity contribution in [2.24, 2.45) is 5.92 Å². The van der Waals surface area contributed by atoms with Crippen LogP contribution in [0.5, 0.6) is 0 Å². The van der Waals surface area contributed by atoms with E-state index in [4.69, 9.17) is 23.2 Å². The normalized spacial score (nSPS) is 21.5. The Kier molecular flexibility index (Phi) is 9.29. The molecule has 0 radical (unpaired) electrons. The van der Waals surface area contributed by atoms with Crippen molar-refractivity contribution in [3.8, 4) is 0 Å². The highest BCUT2D eigenvalue weighted by atomic mass is 35.5. The number of aryl methyl sites for hydroxylation is 1. The largest absolute Gasteiger partial charge is 0.352 e. The van der Waals surface area contributed by atoms with Crippen LogP contribution in [-0.4, -0.2) is 51.4 Å². The van der Waals surface area contributed by atoms with Crippen LogP contribution in [0.25, 0.3) is 0 Å². The van der Waals surface area contributed by atoms with Gasteiger partial charge in [0, 0.05) is 18.5 Å². The van der Waals surface area contributed by atoms with Crippen molar-refractivity contribution in [3.05, 3.63) is 94.0 Å². The number of carbonyl (C=O) groups is 1. The van der Waals surface area contributed by atoms with E-state index in [1.807, 2.05) is 12.1 Å². The van der Waals surface area contributed by atoms with Gasteiger partial charge in [0.25, 0.3) is 10.0 Å². The first-order valence-corrected chi connectivity index (χ1v) is 16.4. The molecule has 0 bridgehead atoms. The SMILES string of the molecule is CN(C)C(CCc1ccccc1)C1CCC(NC(=O)C2Cc3ccccc3N2S(=O)(=O)c2ccc(Cl)c(Cl)c2)CC1. The van der Waals surface area contributed by atoms with E-state index in [1.54, 1.807) is 12.1 Å². The number of hydrogen-bond acceptors (Lipinski definition) is 4. The van der Waals surface area contributed by atoms with Gasteiger partial charge in [-0.3, -0.25) is 9.10 Å². The Hall–Kier alpha value is -2.58. The molecule has 6 nitrogen and oxygen atoms in total. The van der Waals surface area contributed by atoms with Crippen LogP contribution in [0.4, 0.5) is 5.69 Å². The van der Waals surface area contributed by atoms with Crippen molar-refractivity contribution in [2.75, 3.05) is 18.4 Å². The highest BCUT2D eigenvalue weighted by Gasteiger charge is 2.43. The molecule has 1 heterocycles. The minimum absolute atomic E-state index is 0.00661. The Morgan fingerprint density at radius 3 is 2.32 bits per heavy atom. The van der Waals surface area contributed by atoms with Crippen LogP contribution >= 0.6 is 23.2 Å². The van der Waals surface area contributed by atoms with Gasteiger partial charge in [0.1, 0.15) is 6.04 Å². The average Bonchev–Trinajstić information content (AvgIpc) is 3.37. The zero-order valence-corrected chi connectivity index (χ0v) is 25.8. The van der Waals surface area contributed by atoms with Gasteiger partial charge in [-0.15, -0.1) is 0 Å². The molecule has 1 fully saturated rings. The van der Waals surface area contributed by atoms with Crippen LogP contribution in [0, 0.1) is 5.92 Å². The third kappa shape index (κ3) is 6.59. The number of hydrogen-bond donors (Lipinski definition) is 1. The molecule has 3 aromatic rings. The van der Waals surface area contributed by atoms with Crippen molar-refractivity contribution in [1.82, 2.24) is 10.2 Å². The molecule has 2 unspecified atom stereocenters. The lowest BCUT2D eigenvalue weighted by molar-refractivity contribution is -0.123. The number of anilines is 1. The van der Waals surface area contributed by atoms with Gasteiger partial charge in [-0.05, 0) is 93.9 Å². The summed E-state index contributed by atoms with van der Waals surface area (Å²) in [5.41, 5.74) is 2.71. The van der Waals surface area contributed by atoms with Gasteiger partial charge in [0.15, 0.2) is 0 Å². The molecular formula is C32H37Cl2N3O3S.